The summed E-state index contributed by atoms with van der Waals surface area (Å²) in [4.78, 5) is 11.4. The van der Waals surface area contributed by atoms with E-state index in [0.717, 1.165) is 11.3 Å². The van der Waals surface area contributed by atoms with Crippen molar-refractivity contribution in [1.29, 1.82) is 0 Å². The predicted octanol–water partition coefficient (Wildman–Crippen LogP) is 1.57. The molecule has 0 aliphatic carbocycles. The van der Waals surface area contributed by atoms with E-state index in [1.165, 1.54) is 5.56 Å². The fourth-order valence-corrected chi connectivity index (χ4v) is 1.48. The molecule has 2 N–H and O–H groups in total. The molecule has 100 valence electrons. The van der Waals surface area contributed by atoms with Gasteiger partial charge in [-0.2, -0.15) is 0 Å². The van der Waals surface area contributed by atoms with Gasteiger partial charge < -0.3 is 15.2 Å². The number of benzene rings is 1. The standard InChI is InChI=1S/C14H21NO3/c1-10-5-4-6-13(12(10)3)18-8-7-14(17)15-9-11(2)16/h4-6,11,16H,7-9H2,1-3H3,(H,15,17)/t11-/m1/s1. The Bertz CT molecular complexity index is 402. The first-order chi connectivity index (χ1) is 8.50. The average molecular weight is 251 g/mol. The lowest BCUT2D eigenvalue weighted by Gasteiger charge is -2.11. The Kier molecular flexibility index (Phi) is 5.65. The van der Waals surface area contributed by atoms with E-state index >= 15 is 0 Å². The zero-order valence-corrected chi connectivity index (χ0v) is 11.2. The molecule has 1 rings (SSSR count). The summed E-state index contributed by atoms with van der Waals surface area (Å²) >= 11 is 0. The molecule has 0 radical (unpaired) electrons. The van der Waals surface area contributed by atoms with Crippen LogP contribution in [0.15, 0.2) is 18.2 Å². The molecule has 0 fully saturated rings. The monoisotopic (exact) mass is 251 g/mol. The van der Waals surface area contributed by atoms with Crippen molar-refractivity contribution >= 4 is 5.91 Å². The molecule has 4 nitrogen and oxygen atoms in total. The molecule has 0 bridgehead atoms. The van der Waals surface area contributed by atoms with Crippen LogP contribution in [0.5, 0.6) is 5.75 Å². The summed E-state index contributed by atoms with van der Waals surface area (Å²) in [6.07, 6.45) is -0.228. The second-order valence-electron chi connectivity index (χ2n) is 4.45. The Balaban J connectivity index is 2.33. The number of carbonyl (C=O) groups excluding carboxylic acids is 1. The molecule has 0 spiro atoms. The Morgan fingerprint density at radius 3 is 2.83 bits per heavy atom. The zero-order chi connectivity index (χ0) is 13.5. The maximum atomic E-state index is 11.4. The molecule has 0 aliphatic heterocycles. The molecule has 1 amide bonds. The fourth-order valence-electron chi connectivity index (χ4n) is 1.48. The van der Waals surface area contributed by atoms with Gasteiger partial charge in [0.15, 0.2) is 0 Å². The van der Waals surface area contributed by atoms with Gasteiger partial charge in [0.25, 0.3) is 0 Å². The van der Waals surface area contributed by atoms with Crippen molar-refractivity contribution in [3.8, 4) is 5.75 Å². The molecule has 0 aromatic heterocycles. The van der Waals surface area contributed by atoms with Crippen LogP contribution in [0.1, 0.15) is 24.5 Å². The molecule has 4 heteroatoms. The van der Waals surface area contributed by atoms with E-state index in [9.17, 15) is 4.79 Å². The smallest absolute Gasteiger partial charge is 0.223 e. The second-order valence-corrected chi connectivity index (χ2v) is 4.45. The van der Waals surface area contributed by atoms with Gasteiger partial charge in [-0.15, -0.1) is 0 Å². The largest absolute Gasteiger partial charge is 0.493 e. The van der Waals surface area contributed by atoms with E-state index in [2.05, 4.69) is 5.32 Å². The number of rotatable bonds is 6. The molecule has 0 aliphatic rings. The Hall–Kier alpha value is -1.55. The normalized spacial score (nSPS) is 12.0. The molecule has 1 aromatic carbocycles. The van der Waals surface area contributed by atoms with Crippen LogP contribution in [0, 0.1) is 13.8 Å². The van der Waals surface area contributed by atoms with E-state index in [1.54, 1.807) is 6.92 Å². The Labute approximate surface area is 108 Å². The number of hydrogen-bond acceptors (Lipinski definition) is 3. The lowest BCUT2D eigenvalue weighted by atomic mass is 10.1. The van der Waals surface area contributed by atoms with Crippen molar-refractivity contribution in [2.45, 2.75) is 33.3 Å². The van der Waals surface area contributed by atoms with Gasteiger partial charge in [-0.3, -0.25) is 4.79 Å². The third-order valence-electron chi connectivity index (χ3n) is 2.74. The third kappa shape index (κ3) is 4.75. The number of aliphatic hydroxyl groups is 1. The molecule has 1 atom stereocenters. The Morgan fingerprint density at radius 1 is 1.44 bits per heavy atom. The highest BCUT2D eigenvalue weighted by Crippen LogP contribution is 2.20. The number of nitrogens with one attached hydrogen (secondary N) is 1. The number of aryl methyl sites for hydroxylation is 1. The van der Waals surface area contributed by atoms with Crippen molar-refractivity contribution in [1.82, 2.24) is 5.32 Å². The van der Waals surface area contributed by atoms with Gasteiger partial charge in [-0.25, -0.2) is 0 Å². The topological polar surface area (TPSA) is 58.6 Å². The highest BCUT2D eigenvalue weighted by Gasteiger charge is 2.05. The van der Waals surface area contributed by atoms with Crippen molar-refractivity contribution < 1.29 is 14.6 Å². The molecular weight excluding hydrogens is 230 g/mol. The van der Waals surface area contributed by atoms with Crippen LogP contribution >= 0.6 is 0 Å². The van der Waals surface area contributed by atoms with Gasteiger partial charge >= 0.3 is 0 Å². The summed E-state index contributed by atoms with van der Waals surface area (Å²) in [5.74, 6) is 0.708. The first-order valence-electron chi connectivity index (χ1n) is 6.14. The lowest BCUT2D eigenvalue weighted by molar-refractivity contribution is -0.122. The van der Waals surface area contributed by atoms with E-state index in [-0.39, 0.29) is 12.5 Å². The van der Waals surface area contributed by atoms with Crippen molar-refractivity contribution in [3.63, 3.8) is 0 Å². The molecule has 1 aromatic rings. The van der Waals surface area contributed by atoms with Gasteiger partial charge in [0.1, 0.15) is 5.75 Å². The van der Waals surface area contributed by atoms with Gasteiger partial charge in [0.05, 0.1) is 19.1 Å². The van der Waals surface area contributed by atoms with Crippen LogP contribution < -0.4 is 10.1 Å². The number of aliphatic hydroxyl groups excluding tert-OH is 1. The van der Waals surface area contributed by atoms with Gasteiger partial charge in [-0.05, 0) is 38.0 Å². The summed E-state index contributed by atoms with van der Waals surface area (Å²) < 4.78 is 5.57. The first-order valence-corrected chi connectivity index (χ1v) is 6.14. The van der Waals surface area contributed by atoms with Gasteiger partial charge in [0, 0.05) is 6.54 Å². The van der Waals surface area contributed by atoms with Crippen LogP contribution in [0.3, 0.4) is 0 Å². The molecule has 0 heterocycles. The maximum Gasteiger partial charge on any atom is 0.223 e. The Morgan fingerprint density at radius 2 is 2.17 bits per heavy atom. The number of amides is 1. The molecule has 0 saturated heterocycles. The second kappa shape index (κ2) is 7.01. The van der Waals surface area contributed by atoms with Crippen LogP contribution in [0.25, 0.3) is 0 Å². The van der Waals surface area contributed by atoms with Gasteiger partial charge in [0.2, 0.25) is 5.91 Å². The summed E-state index contributed by atoms with van der Waals surface area (Å²) in [5.41, 5.74) is 2.27. The number of carbonyl (C=O) groups is 1. The zero-order valence-electron chi connectivity index (χ0n) is 11.2. The number of hydrogen-bond donors (Lipinski definition) is 2. The minimum Gasteiger partial charge on any atom is -0.493 e. The van der Waals surface area contributed by atoms with E-state index in [1.807, 2.05) is 32.0 Å². The first kappa shape index (κ1) is 14.5. The third-order valence-corrected chi connectivity index (χ3v) is 2.74. The lowest BCUT2D eigenvalue weighted by Crippen LogP contribution is -2.31. The molecule has 18 heavy (non-hydrogen) atoms. The van der Waals surface area contributed by atoms with E-state index < -0.39 is 6.10 Å². The minimum atomic E-state index is -0.520. The minimum absolute atomic E-state index is 0.110. The summed E-state index contributed by atoms with van der Waals surface area (Å²) in [6, 6.07) is 5.86. The highest BCUT2D eigenvalue weighted by molar-refractivity contribution is 5.76. The fraction of sp³-hybridized carbons (Fsp3) is 0.500. The summed E-state index contributed by atoms with van der Waals surface area (Å²) in [7, 11) is 0. The molecular formula is C14H21NO3. The number of ether oxygens (including phenoxy) is 1. The predicted molar refractivity (Wildman–Crippen MR) is 70.7 cm³/mol. The van der Waals surface area contributed by atoms with Crippen LogP contribution in [-0.2, 0) is 4.79 Å². The summed E-state index contributed by atoms with van der Waals surface area (Å²) in [5, 5.41) is 11.7. The van der Waals surface area contributed by atoms with Gasteiger partial charge in [-0.1, -0.05) is 12.1 Å². The van der Waals surface area contributed by atoms with Crippen LogP contribution in [-0.4, -0.2) is 30.3 Å². The maximum absolute atomic E-state index is 11.4. The van der Waals surface area contributed by atoms with Crippen molar-refractivity contribution in [2.75, 3.05) is 13.2 Å². The van der Waals surface area contributed by atoms with Crippen molar-refractivity contribution in [2.24, 2.45) is 0 Å². The van der Waals surface area contributed by atoms with E-state index in [0.29, 0.717) is 13.0 Å². The summed E-state index contributed by atoms with van der Waals surface area (Å²) in [6.45, 7) is 6.28. The molecule has 0 unspecified atom stereocenters. The highest BCUT2D eigenvalue weighted by atomic mass is 16.5. The van der Waals surface area contributed by atoms with Crippen LogP contribution in [0.4, 0.5) is 0 Å². The SMILES string of the molecule is Cc1cccc(OCCC(=O)NC[C@@H](C)O)c1C. The quantitative estimate of drug-likeness (QED) is 0.807. The van der Waals surface area contributed by atoms with Crippen molar-refractivity contribution in [3.05, 3.63) is 29.3 Å². The van der Waals surface area contributed by atoms with E-state index in [4.69, 9.17) is 9.84 Å². The average Bonchev–Trinajstić information content (AvgIpc) is 2.32. The van der Waals surface area contributed by atoms with Crippen LogP contribution in [0.2, 0.25) is 0 Å². The molecule has 0 saturated carbocycles.